The van der Waals surface area contributed by atoms with Crippen LogP contribution in [0.25, 0.3) is 5.69 Å². The highest BCUT2D eigenvalue weighted by molar-refractivity contribution is 9.10. The van der Waals surface area contributed by atoms with Crippen molar-refractivity contribution in [3.63, 3.8) is 0 Å². The summed E-state index contributed by atoms with van der Waals surface area (Å²) in [6, 6.07) is 23.7. The average Bonchev–Trinajstić information content (AvgIpc) is 3.22. The van der Waals surface area contributed by atoms with Crippen LogP contribution < -0.4 is 10.6 Å². The van der Waals surface area contributed by atoms with Crippen molar-refractivity contribution in [1.29, 1.82) is 0 Å². The minimum absolute atomic E-state index is 0.238. The molecule has 8 heteroatoms. The number of nitrogens with one attached hydrogen (secondary N) is 2. The van der Waals surface area contributed by atoms with E-state index in [2.05, 4.69) is 74.9 Å². The van der Waals surface area contributed by atoms with Gasteiger partial charge in [0.05, 0.1) is 12.2 Å². The van der Waals surface area contributed by atoms with Crippen molar-refractivity contribution in [2.24, 2.45) is 0 Å². The molecule has 168 valence electrons. The summed E-state index contributed by atoms with van der Waals surface area (Å²) in [5, 5.41) is 15.3. The molecule has 3 aromatic carbocycles. The predicted octanol–water partition coefficient (Wildman–Crippen LogP) is 6.26. The Bertz CT molecular complexity index is 1260. The maximum absolute atomic E-state index is 12.5. The molecule has 0 bridgehead atoms. The van der Waals surface area contributed by atoms with Crippen LogP contribution in [-0.4, -0.2) is 20.8 Å². The molecule has 4 rings (SSSR count). The molecule has 0 fully saturated rings. The van der Waals surface area contributed by atoms with Gasteiger partial charge in [0.15, 0.2) is 11.0 Å². The molecule has 6 nitrogen and oxygen atoms in total. The van der Waals surface area contributed by atoms with Gasteiger partial charge in [0.2, 0.25) is 0 Å². The van der Waals surface area contributed by atoms with Crippen molar-refractivity contribution in [2.75, 3.05) is 5.32 Å². The van der Waals surface area contributed by atoms with E-state index in [-0.39, 0.29) is 12.6 Å². The molecule has 0 atom stereocenters. The Morgan fingerprint density at radius 3 is 2.45 bits per heavy atom. The summed E-state index contributed by atoms with van der Waals surface area (Å²) >= 11 is 5.07. The molecule has 0 unspecified atom stereocenters. The minimum Gasteiger partial charge on any atom is -0.331 e. The quantitative estimate of drug-likeness (QED) is 0.281. The van der Waals surface area contributed by atoms with Crippen molar-refractivity contribution in [3.8, 4) is 5.69 Å². The van der Waals surface area contributed by atoms with E-state index in [0.29, 0.717) is 11.5 Å². The average molecular weight is 522 g/mol. The third kappa shape index (κ3) is 5.83. The fourth-order valence-electron chi connectivity index (χ4n) is 3.26. The summed E-state index contributed by atoms with van der Waals surface area (Å²) in [4.78, 5) is 12.5. The van der Waals surface area contributed by atoms with Gasteiger partial charge in [-0.3, -0.25) is 4.57 Å². The second kappa shape index (κ2) is 10.7. The highest BCUT2D eigenvalue weighted by Crippen LogP contribution is 2.27. The SMILES string of the molecule is Cc1ccc(-n2c(CNC(=O)Nc3ccccc3Br)nnc2SCc2ccccc2C)cc1. The van der Waals surface area contributed by atoms with Gasteiger partial charge in [-0.2, -0.15) is 0 Å². The number of amides is 2. The number of para-hydroxylation sites is 1. The number of hydrogen-bond acceptors (Lipinski definition) is 4. The first-order valence-corrected chi connectivity index (χ1v) is 12.3. The fourth-order valence-corrected chi connectivity index (χ4v) is 4.70. The number of anilines is 1. The molecule has 1 aromatic heterocycles. The Labute approximate surface area is 206 Å². The molecule has 4 aromatic rings. The first-order valence-electron chi connectivity index (χ1n) is 10.5. The van der Waals surface area contributed by atoms with Crippen molar-refractivity contribution in [2.45, 2.75) is 31.3 Å². The van der Waals surface area contributed by atoms with Gasteiger partial charge in [0, 0.05) is 15.9 Å². The maximum atomic E-state index is 12.5. The lowest BCUT2D eigenvalue weighted by Gasteiger charge is -2.12. The lowest BCUT2D eigenvalue weighted by Crippen LogP contribution is -2.29. The van der Waals surface area contributed by atoms with Gasteiger partial charge in [-0.25, -0.2) is 4.79 Å². The van der Waals surface area contributed by atoms with Gasteiger partial charge in [-0.05, 0) is 65.2 Å². The van der Waals surface area contributed by atoms with Gasteiger partial charge < -0.3 is 10.6 Å². The summed E-state index contributed by atoms with van der Waals surface area (Å²) in [5.41, 5.74) is 5.34. The standard InChI is InChI=1S/C25H24BrN5OS/c1-17-11-13-20(14-12-17)31-23(15-27-24(32)28-22-10-6-5-9-21(22)26)29-30-25(31)33-16-19-8-4-3-7-18(19)2/h3-14H,15-16H2,1-2H3,(H2,27,28,32). The second-order valence-electron chi connectivity index (χ2n) is 7.57. The van der Waals surface area contributed by atoms with Crippen LogP contribution >= 0.6 is 27.7 Å². The molecule has 33 heavy (non-hydrogen) atoms. The topological polar surface area (TPSA) is 71.8 Å². The van der Waals surface area contributed by atoms with Crippen molar-refractivity contribution in [1.82, 2.24) is 20.1 Å². The van der Waals surface area contributed by atoms with E-state index >= 15 is 0 Å². The summed E-state index contributed by atoms with van der Waals surface area (Å²) in [6.45, 7) is 4.40. The summed E-state index contributed by atoms with van der Waals surface area (Å²) in [7, 11) is 0. The molecule has 1 heterocycles. The Hall–Kier alpha value is -3.10. The maximum Gasteiger partial charge on any atom is 0.319 e. The first kappa shape index (κ1) is 23.1. The van der Waals surface area contributed by atoms with Gasteiger partial charge in [-0.1, -0.05) is 65.9 Å². The predicted molar refractivity (Wildman–Crippen MR) is 137 cm³/mol. The molecule has 2 amide bonds. The Kier molecular flexibility index (Phi) is 7.47. The van der Waals surface area contributed by atoms with Crippen LogP contribution in [0.1, 0.15) is 22.5 Å². The fraction of sp³-hybridized carbons (Fsp3) is 0.160. The number of hydrogen-bond donors (Lipinski definition) is 2. The number of halogens is 1. The van der Waals surface area contributed by atoms with Crippen molar-refractivity contribution >= 4 is 39.4 Å². The molecule has 0 saturated heterocycles. The number of thioether (sulfide) groups is 1. The summed E-state index contributed by atoms with van der Waals surface area (Å²) in [5.74, 6) is 1.44. The number of carbonyl (C=O) groups is 1. The number of benzene rings is 3. The number of aryl methyl sites for hydroxylation is 2. The molecule has 0 aliphatic rings. The van der Waals surface area contributed by atoms with Crippen molar-refractivity contribution < 1.29 is 4.79 Å². The highest BCUT2D eigenvalue weighted by Gasteiger charge is 2.16. The van der Waals surface area contributed by atoms with E-state index in [9.17, 15) is 4.79 Å². The van der Waals surface area contributed by atoms with E-state index in [4.69, 9.17) is 0 Å². The minimum atomic E-state index is -0.311. The highest BCUT2D eigenvalue weighted by atomic mass is 79.9. The zero-order valence-electron chi connectivity index (χ0n) is 18.4. The molecule has 0 radical (unpaired) electrons. The van der Waals surface area contributed by atoms with Crippen LogP contribution in [0.2, 0.25) is 0 Å². The largest absolute Gasteiger partial charge is 0.331 e. The second-order valence-corrected chi connectivity index (χ2v) is 9.37. The lowest BCUT2D eigenvalue weighted by atomic mass is 10.1. The molecule has 0 spiro atoms. The number of aromatic nitrogens is 3. The number of nitrogens with zero attached hydrogens (tertiary/aromatic N) is 3. The van der Waals surface area contributed by atoms with Crippen molar-refractivity contribution in [3.05, 3.63) is 99.8 Å². The third-order valence-corrected chi connectivity index (χ3v) is 6.81. The van der Waals surface area contributed by atoms with E-state index in [1.165, 1.54) is 16.7 Å². The van der Waals surface area contributed by atoms with Gasteiger partial charge in [0.1, 0.15) is 0 Å². The summed E-state index contributed by atoms with van der Waals surface area (Å²) in [6.07, 6.45) is 0. The Balaban J connectivity index is 1.53. The van der Waals surface area contributed by atoms with Gasteiger partial charge >= 0.3 is 6.03 Å². The van der Waals surface area contributed by atoms with Gasteiger partial charge in [-0.15, -0.1) is 10.2 Å². The Morgan fingerprint density at radius 2 is 1.70 bits per heavy atom. The van der Waals surface area contributed by atoms with E-state index < -0.39 is 0 Å². The molecule has 2 N–H and O–H groups in total. The smallest absolute Gasteiger partial charge is 0.319 e. The van der Waals surface area contributed by atoms with Crippen LogP contribution in [0, 0.1) is 13.8 Å². The normalized spacial score (nSPS) is 10.8. The lowest BCUT2D eigenvalue weighted by molar-refractivity contribution is 0.251. The monoisotopic (exact) mass is 521 g/mol. The molecule has 0 saturated carbocycles. The summed E-state index contributed by atoms with van der Waals surface area (Å²) < 4.78 is 2.82. The third-order valence-electron chi connectivity index (χ3n) is 5.14. The number of urea groups is 1. The van der Waals surface area contributed by atoms with E-state index in [1.54, 1.807) is 11.8 Å². The van der Waals surface area contributed by atoms with Crippen LogP contribution in [0.4, 0.5) is 10.5 Å². The number of carbonyl (C=O) groups excluding carboxylic acids is 1. The van der Waals surface area contributed by atoms with Crippen LogP contribution in [-0.2, 0) is 12.3 Å². The van der Waals surface area contributed by atoms with Gasteiger partial charge in [0.25, 0.3) is 0 Å². The van der Waals surface area contributed by atoms with E-state index in [1.807, 2.05) is 53.1 Å². The number of rotatable bonds is 7. The zero-order chi connectivity index (χ0) is 23.2. The van der Waals surface area contributed by atoms with Crippen LogP contribution in [0.15, 0.2) is 82.4 Å². The molecule has 0 aliphatic heterocycles. The molecular weight excluding hydrogens is 498 g/mol. The van der Waals surface area contributed by atoms with Crippen LogP contribution in [0.3, 0.4) is 0 Å². The molecular formula is C25H24BrN5OS. The zero-order valence-corrected chi connectivity index (χ0v) is 20.8. The molecule has 0 aliphatic carbocycles. The van der Waals surface area contributed by atoms with E-state index in [0.717, 1.165) is 21.1 Å². The Morgan fingerprint density at radius 1 is 0.970 bits per heavy atom. The van der Waals surface area contributed by atoms with Crippen LogP contribution in [0.5, 0.6) is 0 Å². The first-order chi connectivity index (χ1) is 16.0.